The number of guanidine groups is 1. The van der Waals surface area contributed by atoms with Gasteiger partial charge in [-0.15, -0.1) is 24.0 Å². The third-order valence-electron chi connectivity index (χ3n) is 6.65. The Balaban J connectivity index is 0.00000320. The molecular formula is C24H41IN4O. The number of methoxy groups -OCH3 is 1. The summed E-state index contributed by atoms with van der Waals surface area (Å²) in [5, 5.41) is 7.26. The van der Waals surface area contributed by atoms with Gasteiger partial charge in [0.15, 0.2) is 5.96 Å². The van der Waals surface area contributed by atoms with Gasteiger partial charge >= 0.3 is 0 Å². The molecule has 0 unspecified atom stereocenters. The van der Waals surface area contributed by atoms with Gasteiger partial charge in [-0.05, 0) is 62.3 Å². The van der Waals surface area contributed by atoms with Crippen LogP contribution in [0.1, 0.15) is 56.4 Å². The zero-order valence-electron chi connectivity index (χ0n) is 18.8. The van der Waals surface area contributed by atoms with Crippen molar-refractivity contribution < 1.29 is 4.74 Å². The summed E-state index contributed by atoms with van der Waals surface area (Å²) in [4.78, 5) is 7.03. The van der Waals surface area contributed by atoms with Crippen molar-refractivity contribution >= 4 is 29.9 Å². The molecule has 0 atom stereocenters. The fourth-order valence-electron chi connectivity index (χ4n) is 4.79. The number of halogens is 1. The van der Waals surface area contributed by atoms with E-state index in [0.717, 1.165) is 43.9 Å². The fourth-order valence-corrected chi connectivity index (χ4v) is 4.79. The monoisotopic (exact) mass is 528 g/mol. The van der Waals surface area contributed by atoms with E-state index in [-0.39, 0.29) is 24.0 Å². The molecule has 1 aliphatic heterocycles. The molecule has 1 saturated carbocycles. The van der Waals surface area contributed by atoms with Crippen molar-refractivity contribution in [2.75, 3.05) is 46.9 Å². The average molecular weight is 529 g/mol. The molecule has 5 nitrogen and oxygen atoms in total. The van der Waals surface area contributed by atoms with Crippen LogP contribution in [0.3, 0.4) is 0 Å². The number of nitrogens with zero attached hydrogens (tertiary/aromatic N) is 2. The highest BCUT2D eigenvalue weighted by Crippen LogP contribution is 2.35. The quantitative estimate of drug-likeness (QED) is 0.229. The van der Waals surface area contributed by atoms with Crippen molar-refractivity contribution in [1.82, 2.24) is 15.5 Å². The smallest absolute Gasteiger partial charge is 0.191 e. The number of hydrogen-bond donors (Lipinski definition) is 2. The summed E-state index contributed by atoms with van der Waals surface area (Å²) in [6.45, 7) is 5.39. The lowest BCUT2D eigenvalue weighted by molar-refractivity contribution is 0.155. The molecule has 1 heterocycles. The third kappa shape index (κ3) is 8.35. The average Bonchev–Trinajstić information content (AvgIpc) is 2.79. The SMILES string of the molecule is CN=C(NCC1CCC(c2ccccc2)CC1)NC1CCN(CCCOC)CC1.I. The van der Waals surface area contributed by atoms with Crippen molar-refractivity contribution in [3.8, 4) is 0 Å². The van der Waals surface area contributed by atoms with E-state index in [9.17, 15) is 0 Å². The number of likely N-dealkylation sites (tertiary alicyclic amines) is 1. The van der Waals surface area contributed by atoms with Gasteiger partial charge in [0, 0.05) is 53.0 Å². The predicted molar refractivity (Wildman–Crippen MR) is 137 cm³/mol. The number of hydrogen-bond acceptors (Lipinski definition) is 3. The van der Waals surface area contributed by atoms with Crippen LogP contribution in [0.15, 0.2) is 35.3 Å². The minimum absolute atomic E-state index is 0. The maximum Gasteiger partial charge on any atom is 0.191 e. The number of benzene rings is 1. The van der Waals surface area contributed by atoms with Crippen molar-refractivity contribution in [1.29, 1.82) is 0 Å². The Hall–Kier alpha value is -0.860. The molecule has 1 saturated heterocycles. The van der Waals surface area contributed by atoms with Crippen molar-refractivity contribution in [2.45, 2.75) is 56.9 Å². The molecule has 0 bridgehead atoms. The molecule has 2 N–H and O–H groups in total. The molecule has 2 fully saturated rings. The van der Waals surface area contributed by atoms with Crippen molar-refractivity contribution in [3.05, 3.63) is 35.9 Å². The number of ether oxygens (including phenoxy) is 1. The Labute approximate surface area is 200 Å². The molecule has 1 aromatic carbocycles. The lowest BCUT2D eigenvalue weighted by atomic mass is 9.79. The third-order valence-corrected chi connectivity index (χ3v) is 6.65. The Bertz CT molecular complexity index is 596. The normalized spacial score (nSPS) is 23.6. The minimum Gasteiger partial charge on any atom is -0.385 e. The topological polar surface area (TPSA) is 48.9 Å². The van der Waals surface area contributed by atoms with Crippen LogP contribution in [0.5, 0.6) is 0 Å². The van der Waals surface area contributed by atoms with E-state index in [0.29, 0.717) is 6.04 Å². The molecule has 170 valence electrons. The van der Waals surface area contributed by atoms with Gasteiger partial charge in [0.25, 0.3) is 0 Å². The summed E-state index contributed by atoms with van der Waals surface area (Å²) in [5.74, 6) is 2.49. The van der Waals surface area contributed by atoms with E-state index in [2.05, 4.69) is 50.9 Å². The molecule has 1 aliphatic carbocycles. The van der Waals surface area contributed by atoms with E-state index in [1.807, 2.05) is 7.05 Å². The van der Waals surface area contributed by atoms with Gasteiger partial charge in [-0.25, -0.2) is 0 Å². The summed E-state index contributed by atoms with van der Waals surface area (Å²) < 4.78 is 5.16. The molecule has 0 spiro atoms. The lowest BCUT2D eigenvalue weighted by Gasteiger charge is -2.33. The van der Waals surface area contributed by atoms with Crippen LogP contribution in [0, 0.1) is 5.92 Å². The first-order valence-electron chi connectivity index (χ1n) is 11.5. The molecule has 3 rings (SSSR count). The first kappa shape index (κ1) is 25.4. The van der Waals surface area contributed by atoms with Crippen LogP contribution in [0.25, 0.3) is 0 Å². The number of rotatable bonds is 8. The first-order valence-corrected chi connectivity index (χ1v) is 11.5. The second-order valence-electron chi connectivity index (χ2n) is 8.69. The molecule has 0 radical (unpaired) electrons. The number of aliphatic imine (C=N–C) groups is 1. The largest absolute Gasteiger partial charge is 0.385 e. The summed E-state index contributed by atoms with van der Waals surface area (Å²) >= 11 is 0. The highest BCUT2D eigenvalue weighted by molar-refractivity contribution is 14.0. The molecular weight excluding hydrogens is 487 g/mol. The Morgan fingerprint density at radius 2 is 1.77 bits per heavy atom. The predicted octanol–water partition coefficient (Wildman–Crippen LogP) is 4.24. The zero-order valence-corrected chi connectivity index (χ0v) is 21.1. The van der Waals surface area contributed by atoms with Gasteiger partial charge in [0.2, 0.25) is 0 Å². The molecule has 6 heteroatoms. The Morgan fingerprint density at radius 3 is 2.40 bits per heavy atom. The standard InChI is InChI=1S/C24H40N4O.HI/c1-25-24(27-23-13-16-28(17-14-23)15-6-18-29-2)26-19-20-9-11-22(12-10-20)21-7-4-3-5-8-21;/h3-5,7-8,20,22-23H,6,9-19H2,1-2H3,(H2,25,26,27);1H. The van der Waals surface area contributed by atoms with Gasteiger partial charge in [-0.3, -0.25) is 4.99 Å². The van der Waals surface area contributed by atoms with Gasteiger partial charge in [-0.1, -0.05) is 30.3 Å². The van der Waals surface area contributed by atoms with Gasteiger partial charge < -0.3 is 20.3 Å². The minimum atomic E-state index is 0. The summed E-state index contributed by atoms with van der Waals surface area (Å²) in [7, 11) is 3.67. The fraction of sp³-hybridized carbons (Fsp3) is 0.708. The highest BCUT2D eigenvalue weighted by Gasteiger charge is 2.23. The second kappa shape index (κ2) is 14.2. The van der Waals surface area contributed by atoms with E-state index in [4.69, 9.17) is 4.74 Å². The maximum absolute atomic E-state index is 5.16. The van der Waals surface area contributed by atoms with Crippen LogP contribution >= 0.6 is 24.0 Å². The van der Waals surface area contributed by atoms with Crippen LogP contribution in [0.4, 0.5) is 0 Å². The van der Waals surface area contributed by atoms with E-state index < -0.39 is 0 Å². The number of nitrogens with one attached hydrogen (secondary N) is 2. The molecule has 1 aromatic rings. The van der Waals surface area contributed by atoms with Crippen LogP contribution in [0.2, 0.25) is 0 Å². The van der Waals surface area contributed by atoms with E-state index in [1.165, 1.54) is 57.2 Å². The summed E-state index contributed by atoms with van der Waals surface area (Å²) in [5.41, 5.74) is 1.52. The molecule has 2 aliphatic rings. The van der Waals surface area contributed by atoms with Crippen LogP contribution in [-0.4, -0.2) is 63.8 Å². The van der Waals surface area contributed by atoms with Crippen LogP contribution in [-0.2, 0) is 4.74 Å². The maximum atomic E-state index is 5.16. The van der Waals surface area contributed by atoms with Gasteiger partial charge in [-0.2, -0.15) is 0 Å². The van der Waals surface area contributed by atoms with Crippen molar-refractivity contribution in [2.24, 2.45) is 10.9 Å². The van der Waals surface area contributed by atoms with Crippen molar-refractivity contribution in [3.63, 3.8) is 0 Å². The Kier molecular flexibility index (Phi) is 12.1. The lowest BCUT2D eigenvalue weighted by Crippen LogP contribution is -2.49. The molecule has 0 aromatic heterocycles. The summed E-state index contributed by atoms with van der Waals surface area (Å²) in [6.07, 6.45) is 8.75. The van der Waals surface area contributed by atoms with Gasteiger partial charge in [0.05, 0.1) is 0 Å². The highest BCUT2D eigenvalue weighted by atomic mass is 127. The van der Waals surface area contributed by atoms with E-state index >= 15 is 0 Å². The van der Waals surface area contributed by atoms with Gasteiger partial charge in [0.1, 0.15) is 0 Å². The molecule has 30 heavy (non-hydrogen) atoms. The summed E-state index contributed by atoms with van der Waals surface area (Å²) in [6, 6.07) is 11.6. The number of piperidine rings is 1. The van der Waals surface area contributed by atoms with E-state index in [1.54, 1.807) is 7.11 Å². The first-order chi connectivity index (χ1) is 14.3. The zero-order chi connectivity index (χ0) is 20.3. The molecule has 0 amide bonds. The second-order valence-corrected chi connectivity index (χ2v) is 8.69. The Morgan fingerprint density at radius 1 is 1.07 bits per heavy atom. The van der Waals surface area contributed by atoms with Crippen LogP contribution < -0.4 is 10.6 Å².